The molecule has 10 heavy (non-hydrogen) atoms. The van der Waals surface area contributed by atoms with Crippen LogP contribution in [0.5, 0.6) is 0 Å². The molecule has 1 heterocycles. The number of fused-ring (bicyclic) bond motifs is 1. The summed E-state index contributed by atoms with van der Waals surface area (Å²) in [5.41, 5.74) is 0.830. The van der Waals surface area contributed by atoms with Crippen LogP contribution in [0.3, 0.4) is 0 Å². The normalized spacial score (nSPS) is 10.4. The predicted molar refractivity (Wildman–Crippen MR) is 39.4 cm³/mol. The molecule has 0 saturated carbocycles. The molecule has 0 aliphatic rings. The van der Waals surface area contributed by atoms with Gasteiger partial charge in [-0.1, -0.05) is 0 Å². The van der Waals surface area contributed by atoms with E-state index in [0.717, 1.165) is 15.6 Å². The van der Waals surface area contributed by atoms with E-state index in [4.69, 9.17) is 4.52 Å². The molecule has 2 rings (SSSR count). The van der Waals surface area contributed by atoms with Gasteiger partial charge in [0.25, 0.3) is 0 Å². The second-order valence-electron chi connectivity index (χ2n) is 1.98. The van der Waals surface area contributed by atoms with Crippen molar-refractivity contribution in [3.63, 3.8) is 0 Å². The molecule has 2 aromatic rings. The molecule has 0 bridgehead atoms. The van der Waals surface area contributed by atoms with E-state index >= 15 is 0 Å². The molecule has 0 N–H and O–H groups in total. The van der Waals surface area contributed by atoms with E-state index in [9.17, 15) is 0 Å². The van der Waals surface area contributed by atoms with Crippen LogP contribution in [0.4, 0.5) is 0 Å². The SMILES string of the molecule is [Se]c1noc2ccccc12. The van der Waals surface area contributed by atoms with Crippen LogP contribution >= 0.6 is 0 Å². The number of nitrogens with zero attached hydrogens (tertiary/aromatic N) is 1. The minimum absolute atomic E-state index is 0.829. The number of hydrogen-bond acceptors (Lipinski definition) is 2. The van der Waals surface area contributed by atoms with Crippen molar-refractivity contribution in [2.75, 3.05) is 0 Å². The van der Waals surface area contributed by atoms with Crippen LogP contribution in [0.25, 0.3) is 11.0 Å². The summed E-state index contributed by atoms with van der Waals surface area (Å²) in [6, 6.07) is 7.74. The van der Waals surface area contributed by atoms with E-state index in [-0.39, 0.29) is 0 Å². The van der Waals surface area contributed by atoms with Gasteiger partial charge in [0.05, 0.1) is 0 Å². The summed E-state index contributed by atoms with van der Waals surface area (Å²) < 4.78 is 5.80. The maximum atomic E-state index is 4.97. The molecule has 0 amide bonds. The zero-order valence-corrected chi connectivity index (χ0v) is 6.79. The van der Waals surface area contributed by atoms with Gasteiger partial charge in [-0.25, -0.2) is 0 Å². The average molecular weight is 197 g/mol. The second-order valence-corrected chi connectivity index (χ2v) is 2.80. The topological polar surface area (TPSA) is 26.0 Å². The number of rotatable bonds is 0. The number of benzene rings is 1. The van der Waals surface area contributed by atoms with E-state index in [2.05, 4.69) is 21.2 Å². The molecular weight excluding hydrogens is 193 g/mol. The Morgan fingerprint density at radius 2 is 2.10 bits per heavy atom. The predicted octanol–water partition coefficient (Wildman–Crippen LogP) is 0.622. The Labute approximate surface area is 66.0 Å². The molecule has 1 aromatic heterocycles. The van der Waals surface area contributed by atoms with Crippen molar-refractivity contribution in [3.05, 3.63) is 24.3 Å². The van der Waals surface area contributed by atoms with E-state index in [1.165, 1.54) is 0 Å². The number of hydrogen-bond donors (Lipinski definition) is 0. The van der Waals surface area contributed by atoms with Crippen molar-refractivity contribution in [1.29, 1.82) is 0 Å². The summed E-state index contributed by atoms with van der Waals surface area (Å²) in [4.78, 5) is 0. The summed E-state index contributed by atoms with van der Waals surface area (Å²) in [6.07, 6.45) is 0. The Hall–Kier alpha value is -0.791. The van der Waals surface area contributed by atoms with Crippen LogP contribution in [0.2, 0.25) is 0 Å². The van der Waals surface area contributed by atoms with Crippen LogP contribution in [-0.4, -0.2) is 21.2 Å². The van der Waals surface area contributed by atoms with Gasteiger partial charge in [0.2, 0.25) is 0 Å². The third-order valence-corrected chi connectivity index (χ3v) is 1.96. The molecule has 0 aliphatic heterocycles. The second kappa shape index (κ2) is 2.11. The Balaban J connectivity index is 2.93. The molecule has 1 aromatic carbocycles. The van der Waals surface area contributed by atoms with Crippen LogP contribution in [0.15, 0.2) is 28.8 Å². The molecule has 0 spiro atoms. The van der Waals surface area contributed by atoms with Gasteiger partial charge >= 0.3 is 65.5 Å². The van der Waals surface area contributed by atoms with Gasteiger partial charge in [-0.2, -0.15) is 0 Å². The van der Waals surface area contributed by atoms with Gasteiger partial charge < -0.3 is 0 Å². The monoisotopic (exact) mass is 198 g/mol. The Morgan fingerprint density at radius 3 is 2.90 bits per heavy atom. The van der Waals surface area contributed by atoms with Crippen LogP contribution < -0.4 is 4.59 Å². The first-order valence-corrected chi connectivity index (χ1v) is 3.75. The molecule has 0 fully saturated rings. The van der Waals surface area contributed by atoms with Crippen molar-refractivity contribution in [2.24, 2.45) is 0 Å². The third kappa shape index (κ3) is 0.753. The quantitative estimate of drug-likeness (QED) is 0.578. The molecule has 1 radical (unpaired) electrons. The first kappa shape index (κ1) is 5.95. The standard InChI is InChI=1S/C7H4NOSe/c10-7-5-3-1-2-4-6(5)9-8-7/h1-4H. The number of aromatic nitrogens is 1. The van der Waals surface area contributed by atoms with Crippen molar-refractivity contribution >= 4 is 31.6 Å². The zero-order valence-electron chi connectivity index (χ0n) is 5.07. The molecule has 0 atom stereocenters. The van der Waals surface area contributed by atoms with Crippen molar-refractivity contribution in [2.45, 2.75) is 0 Å². The molecule has 3 heteroatoms. The van der Waals surface area contributed by atoms with Crippen LogP contribution in [-0.2, 0) is 0 Å². The summed E-state index contributed by atoms with van der Waals surface area (Å²) in [5.74, 6) is 0. The van der Waals surface area contributed by atoms with E-state index in [1.807, 2.05) is 24.3 Å². The first-order chi connectivity index (χ1) is 4.88. The van der Waals surface area contributed by atoms with Crippen LogP contribution in [0.1, 0.15) is 0 Å². The molecule has 49 valence electrons. The fraction of sp³-hybridized carbons (Fsp3) is 0. The van der Waals surface area contributed by atoms with Gasteiger partial charge in [-0.15, -0.1) is 0 Å². The van der Waals surface area contributed by atoms with Gasteiger partial charge in [0.1, 0.15) is 0 Å². The van der Waals surface area contributed by atoms with E-state index in [1.54, 1.807) is 0 Å². The summed E-state index contributed by atoms with van der Waals surface area (Å²) in [5, 5.41) is 4.81. The van der Waals surface area contributed by atoms with E-state index in [0.29, 0.717) is 0 Å². The summed E-state index contributed by atoms with van der Waals surface area (Å²) >= 11 is 2.82. The molecule has 0 aliphatic carbocycles. The Bertz CT molecular complexity index is 355. The molecule has 0 saturated heterocycles. The van der Waals surface area contributed by atoms with E-state index < -0.39 is 0 Å². The zero-order chi connectivity index (χ0) is 6.97. The summed E-state index contributed by atoms with van der Waals surface area (Å²) in [6.45, 7) is 0. The van der Waals surface area contributed by atoms with Crippen molar-refractivity contribution in [3.8, 4) is 0 Å². The molecular formula is C7H4NOSe. The average Bonchev–Trinajstić information content (AvgIpc) is 2.34. The fourth-order valence-electron chi connectivity index (χ4n) is 0.863. The minimum atomic E-state index is 0.829. The third-order valence-electron chi connectivity index (χ3n) is 1.34. The van der Waals surface area contributed by atoms with Crippen molar-refractivity contribution < 1.29 is 4.52 Å². The first-order valence-electron chi connectivity index (χ1n) is 2.89. The van der Waals surface area contributed by atoms with Gasteiger partial charge in [-0.05, 0) is 0 Å². The fourth-order valence-corrected chi connectivity index (χ4v) is 1.29. The Morgan fingerprint density at radius 1 is 1.30 bits per heavy atom. The number of para-hydroxylation sites is 1. The van der Waals surface area contributed by atoms with Gasteiger partial charge in [0.15, 0.2) is 0 Å². The van der Waals surface area contributed by atoms with Crippen molar-refractivity contribution in [1.82, 2.24) is 5.16 Å². The Kier molecular flexibility index (Phi) is 1.26. The van der Waals surface area contributed by atoms with Gasteiger partial charge in [0, 0.05) is 0 Å². The van der Waals surface area contributed by atoms with Crippen LogP contribution in [0, 0.1) is 0 Å². The van der Waals surface area contributed by atoms with Gasteiger partial charge in [-0.3, -0.25) is 0 Å². The molecule has 2 nitrogen and oxygen atoms in total. The molecule has 0 unspecified atom stereocenters. The summed E-state index contributed by atoms with van der Waals surface area (Å²) in [7, 11) is 0. The maximum absolute atomic E-state index is 4.97.